The van der Waals surface area contributed by atoms with Crippen molar-refractivity contribution >= 4 is 11.9 Å². The van der Waals surface area contributed by atoms with Crippen molar-refractivity contribution in [1.82, 2.24) is 10.6 Å². The number of hydrogen-bond donors (Lipinski definition) is 3. The Balaban J connectivity index is 1.80. The van der Waals surface area contributed by atoms with Crippen molar-refractivity contribution in [3.8, 4) is 0 Å². The fraction of sp³-hybridized carbons (Fsp3) is 0.857. The van der Waals surface area contributed by atoms with E-state index in [1.165, 1.54) is 12.8 Å². The summed E-state index contributed by atoms with van der Waals surface area (Å²) in [5.41, 5.74) is -1.13. The number of aliphatic carboxylic acids is 1. The van der Waals surface area contributed by atoms with Gasteiger partial charge in [-0.2, -0.15) is 0 Å². The van der Waals surface area contributed by atoms with Gasteiger partial charge in [0, 0.05) is 38.5 Å². The SMILES string of the molecule is O=C(CCC1CCCCN1)NC1(C(=O)O)CCOCC1. The van der Waals surface area contributed by atoms with Crippen LogP contribution < -0.4 is 10.6 Å². The molecule has 2 heterocycles. The Morgan fingerprint density at radius 3 is 2.65 bits per heavy atom. The number of rotatable bonds is 5. The first-order valence-corrected chi connectivity index (χ1v) is 7.48. The van der Waals surface area contributed by atoms with Gasteiger partial charge in [0.2, 0.25) is 5.91 Å². The van der Waals surface area contributed by atoms with E-state index in [2.05, 4.69) is 10.6 Å². The predicted octanol–water partition coefficient (Wildman–Crippen LogP) is 0.659. The van der Waals surface area contributed by atoms with Crippen molar-refractivity contribution in [1.29, 1.82) is 0 Å². The second-order valence-electron chi connectivity index (χ2n) is 5.73. The van der Waals surface area contributed by atoms with Crippen molar-refractivity contribution in [2.24, 2.45) is 0 Å². The third-order valence-corrected chi connectivity index (χ3v) is 4.27. The number of carboxylic acids is 1. The number of ether oxygens (including phenoxy) is 1. The van der Waals surface area contributed by atoms with Crippen molar-refractivity contribution in [2.45, 2.75) is 56.5 Å². The number of nitrogens with one attached hydrogen (secondary N) is 2. The van der Waals surface area contributed by atoms with Crippen LogP contribution in [0, 0.1) is 0 Å². The standard InChI is InChI=1S/C14H24N2O4/c17-12(5-4-11-3-1-2-8-15-11)16-14(13(18)19)6-9-20-10-7-14/h11,15H,1-10H2,(H,16,17)(H,18,19). The van der Waals surface area contributed by atoms with Crippen LogP contribution in [0.5, 0.6) is 0 Å². The summed E-state index contributed by atoms with van der Waals surface area (Å²) in [7, 11) is 0. The molecule has 2 aliphatic rings. The van der Waals surface area contributed by atoms with Gasteiger partial charge in [0.25, 0.3) is 0 Å². The molecule has 1 unspecified atom stereocenters. The third-order valence-electron chi connectivity index (χ3n) is 4.27. The monoisotopic (exact) mass is 284 g/mol. The minimum atomic E-state index is -1.13. The molecular weight excluding hydrogens is 260 g/mol. The average molecular weight is 284 g/mol. The molecule has 0 aromatic rings. The Hall–Kier alpha value is -1.14. The summed E-state index contributed by atoms with van der Waals surface area (Å²) in [6, 6.07) is 0.393. The Bertz CT molecular complexity index is 347. The summed E-state index contributed by atoms with van der Waals surface area (Å²) in [6.07, 6.45) is 5.35. The van der Waals surface area contributed by atoms with Gasteiger partial charge in [0.15, 0.2) is 0 Å². The Morgan fingerprint density at radius 2 is 2.05 bits per heavy atom. The molecule has 0 saturated carbocycles. The van der Waals surface area contributed by atoms with Crippen LogP contribution in [0.3, 0.4) is 0 Å². The highest BCUT2D eigenvalue weighted by Crippen LogP contribution is 2.21. The molecule has 0 radical (unpaired) electrons. The summed E-state index contributed by atoms with van der Waals surface area (Å²) >= 11 is 0. The molecule has 0 aromatic heterocycles. The van der Waals surface area contributed by atoms with Gasteiger partial charge in [0.05, 0.1) is 0 Å². The highest BCUT2D eigenvalue weighted by molar-refractivity contribution is 5.87. The van der Waals surface area contributed by atoms with Crippen LogP contribution in [-0.4, -0.2) is 48.3 Å². The van der Waals surface area contributed by atoms with E-state index in [1.807, 2.05) is 0 Å². The fourth-order valence-corrected chi connectivity index (χ4v) is 2.92. The van der Waals surface area contributed by atoms with Crippen LogP contribution in [-0.2, 0) is 14.3 Å². The van der Waals surface area contributed by atoms with Crippen LogP contribution in [0.2, 0.25) is 0 Å². The fourth-order valence-electron chi connectivity index (χ4n) is 2.92. The first-order valence-electron chi connectivity index (χ1n) is 7.48. The zero-order valence-electron chi connectivity index (χ0n) is 11.8. The van der Waals surface area contributed by atoms with E-state index in [0.29, 0.717) is 38.5 Å². The van der Waals surface area contributed by atoms with Gasteiger partial charge < -0.3 is 20.5 Å². The molecule has 2 aliphatic heterocycles. The lowest BCUT2D eigenvalue weighted by Crippen LogP contribution is -2.57. The Morgan fingerprint density at radius 1 is 1.30 bits per heavy atom. The molecule has 2 saturated heterocycles. The van der Waals surface area contributed by atoms with Crippen LogP contribution in [0.15, 0.2) is 0 Å². The van der Waals surface area contributed by atoms with Crippen molar-refractivity contribution < 1.29 is 19.4 Å². The topological polar surface area (TPSA) is 87.7 Å². The third kappa shape index (κ3) is 3.93. The molecule has 6 nitrogen and oxygen atoms in total. The second-order valence-corrected chi connectivity index (χ2v) is 5.73. The van der Waals surface area contributed by atoms with Crippen LogP contribution in [0.1, 0.15) is 44.9 Å². The normalized spacial score (nSPS) is 25.9. The van der Waals surface area contributed by atoms with E-state index < -0.39 is 11.5 Å². The minimum absolute atomic E-state index is 0.165. The summed E-state index contributed by atoms with van der Waals surface area (Å²) in [5.74, 6) is -1.12. The first-order chi connectivity index (χ1) is 9.62. The maximum atomic E-state index is 12.0. The largest absolute Gasteiger partial charge is 0.480 e. The van der Waals surface area contributed by atoms with Gasteiger partial charge in [-0.25, -0.2) is 4.79 Å². The molecule has 1 amide bonds. The molecule has 2 fully saturated rings. The maximum Gasteiger partial charge on any atom is 0.329 e. The molecule has 114 valence electrons. The van der Waals surface area contributed by atoms with Crippen molar-refractivity contribution in [2.75, 3.05) is 19.8 Å². The quantitative estimate of drug-likeness (QED) is 0.690. The number of carbonyl (C=O) groups excluding carboxylic acids is 1. The summed E-state index contributed by atoms with van der Waals surface area (Å²) in [6.45, 7) is 1.79. The number of piperidine rings is 1. The molecule has 20 heavy (non-hydrogen) atoms. The van der Waals surface area contributed by atoms with Gasteiger partial charge in [-0.1, -0.05) is 6.42 Å². The smallest absolute Gasteiger partial charge is 0.329 e. The second kappa shape index (κ2) is 7.04. The maximum absolute atomic E-state index is 12.0. The number of carbonyl (C=O) groups is 2. The van der Waals surface area contributed by atoms with Gasteiger partial charge in [-0.15, -0.1) is 0 Å². The number of amides is 1. The summed E-state index contributed by atoms with van der Waals surface area (Å²) in [5, 5.41) is 15.5. The number of hydrogen-bond acceptors (Lipinski definition) is 4. The van der Waals surface area contributed by atoms with E-state index in [0.717, 1.165) is 19.4 Å². The average Bonchev–Trinajstić information content (AvgIpc) is 2.47. The molecule has 1 atom stereocenters. The van der Waals surface area contributed by atoms with Crippen molar-refractivity contribution in [3.63, 3.8) is 0 Å². The van der Waals surface area contributed by atoms with Crippen LogP contribution >= 0.6 is 0 Å². The highest BCUT2D eigenvalue weighted by Gasteiger charge is 2.41. The number of carboxylic acid groups (broad SMARTS) is 1. The van der Waals surface area contributed by atoms with Gasteiger partial charge in [-0.05, 0) is 25.8 Å². The highest BCUT2D eigenvalue weighted by atomic mass is 16.5. The van der Waals surface area contributed by atoms with E-state index in [-0.39, 0.29) is 5.91 Å². The van der Waals surface area contributed by atoms with E-state index in [9.17, 15) is 14.7 Å². The minimum Gasteiger partial charge on any atom is -0.480 e. The molecule has 0 bridgehead atoms. The zero-order chi connectivity index (χ0) is 14.4. The van der Waals surface area contributed by atoms with Crippen molar-refractivity contribution in [3.05, 3.63) is 0 Å². The Kier molecular flexibility index (Phi) is 5.37. The summed E-state index contributed by atoms with van der Waals surface area (Å²) < 4.78 is 5.19. The summed E-state index contributed by atoms with van der Waals surface area (Å²) in [4.78, 5) is 23.5. The van der Waals surface area contributed by atoms with E-state index in [4.69, 9.17) is 4.74 Å². The van der Waals surface area contributed by atoms with Gasteiger partial charge in [-0.3, -0.25) is 4.79 Å². The lowest BCUT2D eigenvalue weighted by Gasteiger charge is -2.34. The van der Waals surface area contributed by atoms with E-state index in [1.54, 1.807) is 0 Å². The van der Waals surface area contributed by atoms with Gasteiger partial charge in [0.1, 0.15) is 5.54 Å². The van der Waals surface area contributed by atoms with Gasteiger partial charge >= 0.3 is 5.97 Å². The molecule has 0 spiro atoms. The lowest BCUT2D eigenvalue weighted by atomic mass is 9.89. The predicted molar refractivity (Wildman–Crippen MR) is 73.4 cm³/mol. The Labute approximate surface area is 119 Å². The lowest BCUT2D eigenvalue weighted by molar-refractivity contribution is -0.152. The molecule has 2 rings (SSSR count). The molecule has 0 aliphatic carbocycles. The molecule has 3 N–H and O–H groups in total. The molecular formula is C14H24N2O4. The molecule has 6 heteroatoms. The first kappa shape index (κ1) is 15.3. The van der Waals surface area contributed by atoms with Crippen LogP contribution in [0.4, 0.5) is 0 Å². The zero-order valence-corrected chi connectivity index (χ0v) is 11.8. The van der Waals surface area contributed by atoms with E-state index >= 15 is 0 Å². The molecule has 0 aromatic carbocycles. The van der Waals surface area contributed by atoms with Crippen LogP contribution in [0.25, 0.3) is 0 Å².